The highest BCUT2D eigenvalue weighted by Crippen LogP contribution is 2.34. The van der Waals surface area contributed by atoms with E-state index in [-0.39, 0.29) is 16.7 Å². The van der Waals surface area contributed by atoms with Crippen LogP contribution in [0, 0.1) is 16.0 Å². The number of nitro groups is 1. The average Bonchev–Trinajstić information content (AvgIpc) is 3.07. The molecular weight excluding hydrogens is 232 g/mol. The Morgan fingerprint density at radius 1 is 1.61 bits per heavy atom. The molecule has 1 unspecified atom stereocenters. The summed E-state index contributed by atoms with van der Waals surface area (Å²) in [6, 6.07) is 0.0218. The molecule has 6 heteroatoms. The molecule has 0 aliphatic heterocycles. The zero-order valence-electron chi connectivity index (χ0n) is 10.9. The van der Waals surface area contributed by atoms with Crippen molar-refractivity contribution in [1.29, 1.82) is 0 Å². The Morgan fingerprint density at radius 2 is 2.28 bits per heavy atom. The van der Waals surface area contributed by atoms with Crippen molar-refractivity contribution >= 4 is 5.69 Å². The maximum absolute atomic E-state index is 11.2. The van der Waals surface area contributed by atoms with Crippen LogP contribution in [0.25, 0.3) is 0 Å². The van der Waals surface area contributed by atoms with Crippen LogP contribution >= 0.6 is 0 Å². The first-order valence-corrected chi connectivity index (χ1v) is 6.49. The van der Waals surface area contributed by atoms with Gasteiger partial charge in [0, 0.05) is 19.5 Å². The second kappa shape index (κ2) is 5.06. The molecule has 0 bridgehead atoms. The second-order valence-corrected chi connectivity index (χ2v) is 5.08. The number of hydrogen-bond acceptors (Lipinski definition) is 4. The molecular formula is C12H20N4O2. The molecule has 100 valence electrons. The molecule has 1 heterocycles. The Bertz CT molecular complexity index is 451. The van der Waals surface area contributed by atoms with E-state index in [9.17, 15) is 10.1 Å². The van der Waals surface area contributed by atoms with E-state index in [2.05, 4.69) is 5.10 Å². The minimum absolute atomic E-state index is 0.0218. The van der Waals surface area contributed by atoms with Gasteiger partial charge < -0.3 is 5.73 Å². The SMILES string of the molecule is CCCc1nn(C)c(CC(N)C2CC2)c1[N+](=O)[O-]. The highest BCUT2D eigenvalue weighted by molar-refractivity contribution is 5.42. The van der Waals surface area contributed by atoms with Gasteiger partial charge in [0.05, 0.1) is 4.92 Å². The molecule has 0 amide bonds. The first-order valence-electron chi connectivity index (χ1n) is 6.49. The summed E-state index contributed by atoms with van der Waals surface area (Å²) in [5, 5.41) is 15.5. The fourth-order valence-electron chi connectivity index (χ4n) is 2.37. The summed E-state index contributed by atoms with van der Waals surface area (Å²) in [5.74, 6) is 0.536. The summed E-state index contributed by atoms with van der Waals surface area (Å²) in [5.41, 5.74) is 7.50. The van der Waals surface area contributed by atoms with Crippen molar-refractivity contribution in [2.75, 3.05) is 0 Å². The van der Waals surface area contributed by atoms with Crippen LogP contribution in [-0.4, -0.2) is 20.7 Å². The third-order valence-electron chi connectivity index (χ3n) is 3.53. The van der Waals surface area contributed by atoms with E-state index in [4.69, 9.17) is 5.73 Å². The van der Waals surface area contributed by atoms with Crippen LogP contribution in [0.4, 0.5) is 5.69 Å². The van der Waals surface area contributed by atoms with Gasteiger partial charge in [-0.05, 0) is 25.2 Å². The van der Waals surface area contributed by atoms with Crippen LogP contribution in [0.3, 0.4) is 0 Å². The van der Waals surface area contributed by atoms with E-state index < -0.39 is 0 Å². The molecule has 6 nitrogen and oxygen atoms in total. The third-order valence-corrected chi connectivity index (χ3v) is 3.53. The van der Waals surface area contributed by atoms with Crippen molar-refractivity contribution in [3.8, 4) is 0 Å². The first kappa shape index (κ1) is 13.0. The van der Waals surface area contributed by atoms with Crippen LogP contribution in [0.5, 0.6) is 0 Å². The largest absolute Gasteiger partial charge is 0.327 e. The Labute approximate surface area is 106 Å². The fraction of sp³-hybridized carbons (Fsp3) is 0.750. The molecule has 0 radical (unpaired) electrons. The second-order valence-electron chi connectivity index (χ2n) is 5.08. The van der Waals surface area contributed by atoms with Gasteiger partial charge in [0.15, 0.2) is 0 Å². The van der Waals surface area contributed by atoms with Gasteiger partial charge in [0.25, 0.3) is 0 Å². The lowest BCUT2D eigenvalue weighted by atomic mass is 10.1. The highest BCUT2D eigenvalue weighted by Gasteiger charge is 2.33. The van der Waals surface area contributed by atoms with Crippen molar-refractivity contribution in [3.05, 3.63) is 21.5 Å². The van der Waals surface area contributed by atoms with Gasteiger partial charge >= 0.3 is 5.69 Å². The van der Waals surface area contributed by atoms with E-state index in [0.29, 0.717) is 30.1 Å². The van der Waals surface area contributed by atoms with Gasteiger partial charge in [-0.2, -0.15) is 5.10 Å². The maximum atomic E-state index is 11.2. The third kappa shape index (κ3) is 2.53. The molecule has 1 saturated carbocycles. The van der Waals surface area contributed by atoms with Crippen molar-refractivity contribution in [2.45, 2.75) is 45.1 Å². The van der Waals surface area contributed by atoms with Crippen LogP contribution in [0.2, 0.25) is 0 Å². The molecule has 18 heavy (non-hydrogen) atoms. The molecule has 2 rings (SSSR count). The first-order chi connectivity index (χ1) is 8.54. The lowest BCUT2D eigenvalue weighted by molar-refractivity contribution is -0.386. The monoisotopic (exact) mass is 252 g/mol. The predicted molar refractivity (Wildman–Crippen MR) is 68.3 cm³/mol. The molecule has 1 atom stereocenters. The normalized spacial score (nSPS) is 16.8. The van der Waals surface area contributed by atoms with Crippen LogP contribution in [0.15, 0.2) is 0 Å². The van der Waals surface area contributed by atoms with Gasteiger partial charge in [0.1, 0.15) is 11.4 Å². The Morgan fingerprint density at radius 3 is 2.78 bits per heavy atom. The smallest absolute Gasteiger partial charge is 0.313 e. The summed E-state index contributed by atoms with van der Waals surface area (Å²) < 4.78 is 1.63. The van der Waals surface area contributed by atoms with Gasteiger partial charge in [-0.25, -0.2) is 0 Å². The van der Waals surface area contributed by atoms with Gasteiger partial charge in [-0.15, -0.1) is 0 Å². The van der Waals surface area contributed by atoms with Crippen LogP contribution in [0.1, 0.15) is 37.6 Å². The quantitative estimate of drug-likeness (QED) is 0.614. The van der Waals surface area contributed by atoms with Gasteiger partial charge in [-0.1, -0.05) is 13.3 Å². The summed E-state index contributed by atoms with van der Waals surface area (Å²) >= 11 is 0. The standard InChI is InChI=1S/C12H20N4O2/c1-3-4-10-12(16(17)18)11(15(2)14-10)7-9(13)8-5-6-8/h8-9H,3-7,13H2,1-2H3. The molecule has 1 aliphatic carbocycles. The summed E-state index contributed by atoms with van der Waals surface area (Å²) in [6.07, 6.45) is 4.34. The Kier molecular flexibility index (Phi) is 3.65. The van der Waals surface area contributed by atoms with Crippen molar-refractivity contribution < 1.29 is 4.92 Å². The Balaban J connectivity index is 2.28. The summed E-state index contributed by atoms with van der Waals surface area (Å²) in [6.45, 7) is 1.99. The maximum Gasteiger partial charge on any atom is 0.313 e. The topological polar surface area (TPSA) is 87.0 Å². The lowest BCUT2D eigenvalue weighted by Gasteiger charge is -2.09. The minimum atomic E-state index is -0.313. The van der Waals surface area contributed by atoms with Crippen LogP contribution in [-0.2, 0) is 19.9 Å². The molecule has 1 aromatic rings. The minimum Gasteiger partial charge on any atom is -0.327 e. The molecule has 0 aromatic carbocycles. The van der Waals surface area contributed by atoms with Crippen molar-refractivity contribution in [3.63, 3.8) is 0 Å². The van der Waals surface area contributed by atoms with Gasteiger partial charge in [-0.3, -0.25) is 14.8 Å². The molecule has 1 fully saturated rings. The number of nitrogens with zero attached hydrogens (tertiary/aromatic N) is 3. The van der Waals surface area contributed by atoms with Crippen LogP contribution < -0.4 is 5.73 Å². The number of aromatic nitrogens is 2. The summed E-state index contributed by atoms with van der Waals surface area (Å²) in [4.78, 5) is 10.9. The Hall–Kier alpha value is -1.43. The van der Waals surface area contributed by atoms with E-state index in [1.54, 1.807) is 11.7 Å². The van der Waals surface area contributed by atoms with E-state index in [1.807, 2.05) is 6.92 Å². The lowest BCUT2D eigenvalue weighted by Crippen LogP contribution is -2.26. The molecule has 1 aromatic heterocycles. The van der Waals surface area contributed by atoms with Crippen molar-refractivity contribution in [1.82, 2.24) is 9.78 Å². The number of hydrogen-bond donors (Lipinski definition) is 1. The molecule has 1 aliphatic rings. The van der Waals surface area contributed by atoms with Gasteiger partial charge in [0.2, 0.25) is 0 Å². The van der Waals surface area contributed by atoms with E-state index in [1.165, 1.54) is 0 Å². The molecule has 2 N–H and O–H groups in total. The predicted octanol–water partition coefficient (Wildman–Crippen LogP) is 1.56. The zero-order chi connectivity index (χ0) is 13.3. The zero-order valence-corrected chi connectivity index (χ0v) is 10.9. The number of aryl methyl sites for hydroxylation is 2. The van der Waals surface area contributed by atoms with E-state index >= 15 is 0 Å². The van der Waals surface area contributed by atoms with E-state index in [0.717, 1.165) is 19.3 Å². The molecule has 0 saturated heterocycles. The number of rotatable bonds is 6. The number of nitrogens with two attached hydrogens (primary N) is 1. The average molecular weight is 252 g/mol. The highest BCUT2D eigenvalue weighted by atomic mass is 16.6. The fourth-order valence-corrected chi connectivity index (χ4v) is 2.37. The van der Waals surface area contributed by atoms with Crippen molar-refractivity contribution in [2.24, 2.45) is 18.7 Å². The molecule has 0 spiro atoms. The summed E-state index contributed by atoms with van der Waals surface area (Å²) in [7, 11) is 1.76.